The minimum absolute atomic E-state index is 0.00543. The lowest BCUT2D eigenvalue weighted by Crippen LogP contribution is -2.51. The summed E-state index contributed by atoms with van der Waals surface area (Å²) in [6.45, 7) is 4.35. The van der Waals surface area contributed by atoms with Crippen LogP contribution in [0.15, 0.2) is 0 Å². The van der Waals surface area contributed by atoms with Crippen molar-refractivity contribution in [2.45, 2.75) is 63.6 Å². The predicted molar refractivity (Wildman–Crippen MR) is 86.4 cm³/mol. The molecule has 1 heterocycles. The van der Waals surface area contributed by atoms with Crippen LogP contribution in [0.1, 0.15) is 45.4 Å². The number of piperidine rings is 1. The smallest absolute Gasteiger partial charge is 0.315 e. The summed E-state index contributed by atoms with van der Waals surface area (Å²) in [5.41, 5.74) is 0. The molecule has 2 aliphatic rings. The molecule has 0 radical (unpaired) electrons. The zero-order chi connectivity index (χ0) is 14.4. The first-order valence-corrected chi connectivity index (χ1v) is 9.38. The Kier molecular flexibility index (Phi) is 6.49. The lowest BCUT2D eigenvalue weighted by atomic mass is 10.0. The van der Waals surface area contributed by atoms with Gasteiger partial charge in [-0.25, -0.2) is 4.79 Å². The number of likely N-dealkylation sites (tertiary alicyclic amines) is 1. The molecule has 5 heteroatoms. The number of hydrogen-bond acceptors (Lipinski definition) is 3. The molecule has 2 amide bonds. The summed E-state index contributed by atoms with van der Waals surface area (Å²) in [5.74, 6) is 0.966. The van der Waals surface area contributed by atoms with Gasteiger partial charge in [0.2, 0.25) is 0 Å². The minimum Gasteiger partial charge on any atom is -0.335 e. The van der Waals surface area contributed by atoms with Gasteiger partial charge in [-0.15, -0.1) is 0 Å². The first-order chi connectivity index (χ1) is 9.69. The van der Waals surface area contributed by atoms with E-state index >= 15 is 0 Å². The van der Waals surface area contributed by atoms with Crippen LogP contribution in [-0.2, 0) is 0 Å². The Balaban J connectivity index is 1.64. The second-order valence-corrected chi connectivity index (χ2v) is 7.13. The van der Waals surface area contributed by atoms with E-state index in [0.29, 0.717) is 6.04 Å². The zero-order valence-corrected chi connectivity index (χ0v) is 13.7. The van der Waals surface area contributed by atoms with E-state index in [1.54, 1.807) is 11.8 Å². The fourth-order valence-electron chi connectivity index (χ4n) is 3.42. The van der Waals surface area contributed by atoms with E-state index < -0.39 is 0 Å². The standard InChI is InChI=1S/C15H29N3OS/c1-12(11-20-2)16-15(19)17-13-7-9-18(10-8-13)14-5-3-4-6-14/h12-14H,3-11H2,1-2H3,(H2,16,17,19)/t12-/m0/s1. The highest BCUT2D eigenvalue weighted by Gasteiger charge is 2.27. The summed E-state index contributed by atoms with van der Waals surface area (Å²) >= 11 is 1.76. The number of carbonyl (C=O) groups excluding carboxylic acids is 1. The van der Waals surface area contributed by atoms with Crippen LogP contribution in [0.5, 0.6) is 0 Å². The molecule has 0 unspecified atom stereocenters. The van der Waals surface area contributed by atoms with E-state index in [2.05, 4.69) is 28.7 Å². The van der Waals surface area contributed by atoms with Gasteiger partial charge in [0, 0.05) is 37.0 Å². The Labute approximate surface area is 127 Å². The van der Waals surface area contributed by atoms with Crippen LogP contribution in [0.25, 0.3) is 0 Å². The second-order valence-electron chi connectivity index (χ2n) is 6.22. The number of nitrogens with one attached hydrogen (secondary N) is 2. The van der Waals surface area contributed by atoms with Crippen LogP contribution in [-0.4, -0.2) is 54.2 Å². The summed E-state index contributed by atoms with van der Waals surface area (Å²) in [4.78, 5) is 14.5. The Bertz CT molecular complexity index is 299. The average molecular weight is 299 g/mol. The molecule has 1 saturated heterocycles. The van der Waals surface area contributed by atoms with Gasteiger partial charge in [-0.1, -0.05) is 12.8 Å². The predicted octanol–water partition coefficient (Wildman–Crippen LogP) is 2.44. The number of rotatable bonds is 5. The summed E-state index contributed by atoms with van der Waals surface area (Å²) < 4.78 is 0. The molecule has 0 aromatic heterocycles. The van der Waals surface area contributed by atoms with Crippen LogP contribution < -0.4 is 10.6 Å². The molecule has 1 aliphatic heterocycles. The maximum absolute atomic E-state index is 11.9. The van der Waals surface area contributed by atoms with Crippen molar-refractivity contribution in [1.29, 1.82) is 0 Å². The highest BCUT2D eigenvalue weighted by atomic mass is 32.2. The van der Waals surface area contributed by atoms with Gasteiger partial charge in [0.1, 0.15) is 0 Å². The van der Waals surface area contributed by atoms with E-state index in [9.17, 15) is 4.79 Å². The molecular formula is C15H29N3OS. The van der Waals surface area contributed by atoms with Crippen molar-refractivity contribution in [3.05, 3.63) is 0 Å². The van der Waals surface area contributed by atoms with Gasteiger partial charge < -0.3 is 15.5 Å². The summed E-state index contributed by atoms with van der Waals surface area (Å²) in [5, 5.41) is 6.14. The Hall–Kier alpha value is -0.420. The van der Waals surface area contributed by atoms with Crippen molar-refractivity contribution in [2.24, 2.45) is 0 Å². The van der Waals surface area contributed by atoms with Gasteiger partial charge in [0.15, 0.2) is 0 Å². The SMILES string of the molecule is CSC[C@H](C)NC(=O)NC1CCN(C2CCCC2)CC1. The molecule has 1 atom stereocenters. The van der Waals surface area contributed by atoms with Crippen LogP contribution >= 0.6 is 11.8 Å². The maximum Gasteiger partial charge on any atom is 0.315 e. The molecule has 116 valence electrons. The van der Waals surface area contributed by atoms with Crippen molar-refractivity contribution < 1.29 is 4.79 Å². The zero-order valence-electron chi connectivity index (χ0n) is 12.9. The summed E-state index contributed by atoms with van der Waals surface area (Å²) in [6, 6.07) is 1.43. The van der Waals surface area contributed by atoms with Gasteiger partial charge in [-0.05, 0) is 38.9 Å². The molecule has 1 saturated carbocycles. The molecule has 1 aliphatic carbocycles. The second kappa shape index (κ2) is 8.13. The first kappa shape index (κ1) is 16.0. The van der Waals surface area contributed by atoms with Crippen molar-refractivity contribution in [2.75, 3.05) is 25.1 Å². The normalized spacial score (nSPS) is 23.7. The molecule has 0 aromatic carbocycles. The third-order valence-corrected chi connectivity index (χ3v) is 5.33. The fourth-order valence-corrected chi connectivity index (χ4v) is 4.00. The first-order valence-electron chi connectivity index (χ1n) is 7.99. The average Bonchev–Trinajstić information content (AvgIpc) is 2.93. The number of thioether (sulfide) groups is 1. The van der Waals surface area contributed by atoms with Crippen molar-refractivity contribution >= 4 is 17.8 Å². The summed E-state index contributed by atoms with van der Waals surface area (Å²) in [7, 11) is 0. The molecule has 2 N–H and O–H groups in total. The third kappa shape index (κ3) is 4.85. The van der Waals surface area contributed by atoms with Gasteiger partial charge in [0.25, 0.3) is 0 Å². The Morgan fingerprint density at radius 1 is 1.25 bits per heavy atom. The maximum atomic E-state index is 11.9. The van der Waals surface area contributed by atoms with E-state index in [-0.39, 0.29) is 12.1 Å². The monoisotopic (exact) mass is 299 g/mol. The fraction of sp³-hybridized carbons (Fsp3) is 0.933. The van der Waals surface area contributed by atoms with Crippen molar-refractivity contribution in [3.8, 4) is 0 Å². The molecule has 2 fully saturated rings. The van der Waals surface area contributed by atoms with Crippen LogP contribution in [0.4, 0.5) is 4.79 Å². The van der Waals surface area contributed by atoms with Crippen LogP contribution in [0, 0.1) is 0 Å². The lowest BCUT2D eigenvalue weighted by molar-refractivity contribution is 0.145. The summed E-state index contributed by atoms with van der Waals surface area (Å²) in [6.07, 6.45) is 9.82. The largest absolute Gasteiger partial charge is 0.335 e. The van der Waals surface area contributed by atoms with Gasteiger partial charge in [-0.3, -0.25) is 0 Å². The van der Waals surface area contributed by atoms with Gasteiger partial charge in [-0.2, -0.15) is 11.8 Å². The number of amides is 2. The van der Waals surface area contributed by atoms with E-state index in [4.69, 9.17) is 0 Å². The van der Waals surface area contributed by atoms with E-state index in [1.165, 1.54) is 25.7 Å². The molecule has 0 bridgehead atoms. The molecular weight excluding hydrogens is 270 g/mol. The molecule has 0 aromatic rings. The van der Waals surface area contributed by atoms with Crippen LogP contribution in [0.2, 0.25) is 0 Å². The Morgan fingerprint density at radius 2 is 1.90 bits per heavy atom. The van der Waals surface area contributed by atoms with Gasteiger partial charge >= 0.3 is 6.03 Å². The quantitative estimate of drug-likeness (QED) is 0.819. The van der Waals surface area contributed by atoms with E-state index in [0.717, 1.165) is 37.7 Å². The highest BCUT2D eigenvalue weighted by molar-refractivity contribution is 7.98. The van der Waals surface area contributed by atoms with Crippen LogP contribution in [0.3, 0.4) is 0 Å². The number of urea groups is 1. The Morgan fingerprint density at radius 3 is 2.50 bits per heavy atom. The minimum atomic E-state index is 0.00543. The number of carbonyl (C=O) groups is 1. The topological polar surface area (TPSA) is 44.4 Å². The van der Waals surface area contributed by atoms with E-state index in [1.807, 2.05) is 0 Å². The molecule has 20 heavy (non-hydrogen) atoms. The molecule has 4 nitrogen and oxygen atoms in total. The van der Waals surface area contributed by atoms with Crippen molar-refractivity contribution in [1.82, 2.24) is 15.5 Å². The van der Waals surface area contributed by atoms with Crippen molar-refractivity contribution in [3.63, 3.8) is 0 Å². The third-order valence-electron chi connectivity index (χ3n) is 4.50. The molecule has 2 rings (SSSR count). The highest BCUT2D eigenvalue weighted by Crippen LogP contribution is 2.26. The molecule has 0 spiro atoms. The number of nitrogens with zero attached hydrogens (tertiary/aromatic N) is 1. The van der Waals surface area contributed by atoms with Gasteiger partial charge in [0.05, 0.1) is 0 Å². The number of hydrogen-bond donors (Lipinski definition) is 2. The lowest BCUT2D eigenvalue weighted by Gasteiger charge is -2.36.